The van der Waals surface area contributed by atoms with Gasteiger partial charge in [-0.3, -0.25) is 4.79 Å². The first-order valence-corrected chi connectivity index (χ1v) is 12.2. The van der Waals surface area contributed by atoms with Gasteiger partial charge in [0.05, 0.1) is 12.8 Å². The molecule has 4 rings (SSSR count). The van der Waals surface area contributed by atoms with Crippen molar-refractivity contribution in [3.05, 3.63) is 47.0 Å². The summed E-state index contributed by atoms with van der Waals surface area (Å²) < 4.78 is 22.1. The first-order valence-electron chi connectivity index (χ1n) is 11.9. The summed E-state index contributed by atoms with van der Waals surface area (Å²) in [4.78, 5) is 25.1. The van der Waals surface area contributed by atoms with Crippen LogP contribution in [-0.4, -0.2) is 73.5 Å². The number of carbonyl (C=O) groups excluding carboxylic acids is 2. The summed E-state index contributed by atoms with van der Waals surface area (Å²) >= 11 is 6.13. The van der Waals surface area contributed by atoms with Crippen LogP contribution in [0.15, 0.2) is 36.4 Å². The summed E-state index contributed by atoms with van der Waals surface area (Å²) in [5.74, 6) is 0.843. The molecule has 1 amide bonds. The monoisotopic (exact) mass is 518 g/mol. The van der Waals surface area contributed by atoms with Crippen molar-refractivity contribution < 1.29 is 33.6 Å². The van der Waals surface area contributed by atoms with E-state index in [0.717, 1.165) is 48.7 Å². The fraction of sp³-hybridized carbons (Fsp3) is 0.462. The molecule has 0 bridgehead atoms. The lowest BCUT2D eigenvalue weighted by Crippen LogP contribution is -2.49. The lowest BCUT2D eigenvalue weighted by molar-refractivity contribution is -0.142. The highest BCUT2D eigenvalue weighted by atomic mass is 35.5. The number of ether oxygens (including phenoxy) is 4. The minimum atomic E-state index is -0.746. The Morgan fingerprint density at radius 3 is 2.69 bits per heavy atom. The zero-order valence-electron chi connectivity index (χ0n) is 20.4. The average molecular weight is 519 g/mol. The SMILES string of the molecule is COC(=O)COc1ccc(NC(C)=O)c(OC[C@@H](O)CN2CCC3(CC2)Cc2cc(Cl)ccc2O3)c1. The van der Waals surface area contributed by atoms with Crippen molar-refractivity contribution >= 4 is 29.2 Å². The van der Waals surface area contributed by atoms with Crippen LogP contribution in [0.2, 0.25) is 5.02 Å². The molecule has 2 heterocycles. The Morgan fingerprint density at radius 2 is 1.97 bits per heavy atom. The molecule has 0 aromatic heterocycles. The van der Waals surface area contributed by atoms with Crippen molar-refractivity contribution in [2.24, 2.45) is 0 Å². The Bertz CT molecular complexity index is 1100. The summed E-state index contributed by atoms with van der Waals surface area (Å²) in [6.45, 7) is 3.21. The highest BCUT2D eigenvalue weighted by molar-refractivity contribution is 6.30. The van der Waals surface area contributed by atoms with Crippen LogP contribution in [0, 0.1) is 0 Å². The number of methoxy groups -OCH3 is 1. The third kappa shape index (κ3) is 6.60. The maximum absolute atomic E-state index is 11.6. The largest absolute Gasteiger partial charge is 0.489 e. The number of nitrogens with one attached hydrogen (secondary N) is 1. The highest BCUT2D eigenvalue weighted by Crippen LogP contribution is 2.42. The zero-order chi connectivity index (χ0) is 25.7. The van der Waals surface area contributed by atoms with Crippen LogP contribution in [0.25, 0.3) is 0 Å². The molecule has 1 fully saturated rings. The number of esters is 1. The fourth-order valence-corrected chi connectivity index (χ4v) is 4.76. The molecule has 0 radical (unpaired) electrons. The third-order valence-electron chi connectivity index (χ3n) is 6.38. The lowest BCUT2D eigenvalue weighted by Gasteiger charge is -2.39. The van der Waals surface area contributed by atoms with Gasteiger partial charge in [-0.1, -0.05) is 11.6 Å². The van der Waals surface area contributed by atoms with Crippen molar-refractivity contribution in [3.63, 3.8) is 0 Å². The first-order chi connectivity index (χ1) is 17.2. The van der Waals surface area contributed by atoms with Crippen molar-refractivity contribution in [2.45, 2.75) is 37.9 Å². The predicted molar refractivity (Wildman–Crippen MR) is 134 cm³/mol. The van der Waals surface area contributed by atoms with Crippen LogP contribution in [0.3, 0.4) is 0 Å². The minimum Gasteiger partial charge on any atom is -0.489 e. The van der Waals surface area contributed by atoms with Crippen LogP contribution in [0.5, 0.6) is 17.2 Å². The molecule has 9 nitrogen and oxygen atoms in total. The highest BCUT2D eigenvalue weighted by Gasteiger charge is 2.42. The molecule has 1 spiro atoms. The van der Waals surface area contributed by atoms with E-state index < -0.39 is 12.1 Å². The van der Waals surface area contributed by atoms with Crippen LogP contribution in [-0.2, 0) is 20.7 Å². The molecule has 2 aliphatic rings. The van der Waals surface area contributed by atoms with Crippen LogP contribution >= 0.6 is 11.6 Å². The molecule has 0 unspecified atom stereocenters. The van der Waals surface area contributed by atoms with E-state index in [4.69, 9.17) is 25.8 Å². The van der Waals surface area contributed by atoms with Gasteiger partial charge in [0.25, 0.3) is 0 Å². The van der Waals surface area contributed by atoms with Gasteiger partial charge < -0.3 is 34.3 Å². The summed E-state index contributed by atoms with van der Waals surface area (Å²) in [6.07, 6.45) is 1.82. The molecule has 1 atom stereocenters. The van der Waals surface area contributed by atoms with E-state index in [0.29, 0.717) is 23.7 Å². The van der Waals surface area contributed by atoms with E-state index in [2.05, 4.69) is 15.0 Å². The number of nitrogens with zero attached hydrogens (tertiary/aromatic N) is 1. The Hall–Kier alpha value is -3.01. The number of hydrogen-bond donors (Lipinski definition) is 2. The van der Waals surface area contributed by atoms with E-state index in [-0.39, 0.29) is 24.7 Å². The molecule has 1 saturated heterocycles. The molecule has 0 aliphatic carbocycles. The minimum absolute atomic E-state index is 0.0229. The number of halogens is 1. The second-order valence-electron chi connectivity index (χ2n) is 9.18. The number of likely N-dealkylation sites (tertiary alicyclic amines) is 1. The molecule has 2 aromatic rings. The maximum Gasteiger partial charge on any atom is 0.343 e. The topological polar surface area (TPSA) is 107 Å². The number of fused-ring (bicyclic) bond motifs is 1. The van der Waals surface area contributed by atoms with Gasteiger partial charge in [0, 0.05) is 56.9 Å². The molecule has 36 heavy (non-hydrogen) atoms. The molecule has 2 aliphatic heterocycles. The van der Waals surface area contributed by atoms with Gasteiger partial charge in [0.2, 0.25) is 5.91 Å². The quantitative estimate of drug-likeness (QED) is 0.488. The number of amides is 1. The van der Waals surface area contributed by atoms with Gasteiger partial charge in [-0.25, -0.2) is 4.79 Å². The number of aliphatic hydroxyl groups excluding tert-OH is 1. The fourth-order valence-electron chi connectivity index (χ4n) is 4.57. The Balaban J connectivity index is 1.29. The van der Waals surface area contributed by atoms with Crippen LogP contribution < -0.4 is 19.5 Å². The van der Waals surface area contributed by atoms with Crippen molar-refractivity contribution in [1.82, 2.24) is 4.90 Å². The summed E-state index contributed by atoms with van der Waals surface area (Å²) in [6, 6.07) is 10.6. The predicted octanol–water partition coefficient (Wildman–Crippen LogP) is 3.06. The molecule has 2 aromatic carbocycles. The number of benzene rings is 2. The second kappa shape index (κ2) is 11.4. The Kier molecular flexibility index (Phi) is 8.23. The molecule has 194 valence electrons. The van der Waals surface area contributed by atoms with Gasteiger partial charge in [-0.2, -0.15) is 0 Å². The zero-order valence-corrected chi connectivity index (χ0v) is 21.2. The number of carbonyl (C=O) groups is 2. The molecule has 0 saturated carbocycles. The van der Waals surface area contributed by atoms with E-state index in [1.165, 1.54) is 14.0 Å². The summed E-state index contributed by atoms with van der Waals surface area (Å²) in [7, 11) is 1.28. The van der Waals surface area contributed by atoms with Crippen molar-refractivity contribution in [1.29, 1.82) is 0 Å². The van der Waals surface area contributed by atoms with E-state index >= 15 is 0 Å². The lowest BCUT2D eigenvalue weighted by atomic mass is 9.87. The van der Waals surface area contributed by atoms with Crippen LogP contribution in [0.4, 0.5) is 5.69 Å². The number of aliphatic hydroxyl groups is 1. The molecule has 2 N–H and O–H groups in total. The van der Waals surface area contributed by atoms with E-state index in [1.807, 2.05) is 18.2 Å². The molecule has 10 heteroatoms. The second-order valence-corrected chi connectivity index (χ2v) is 9.62. The number of piperidine rings is 1. The van der Waals surface area contributed by atoms with E-state index in [9.17, 15) is 14.7 Å². The first kappa shape index (κ1) is 26.1. The number of β-amino-alcohol motifs (C(OH)–C–C–N with tert-alkyl or cyclic N) is 1. The number of anilines is 1. The Morgan fingerprint density at radius 1 is 1.19 bits per heavy atom. The van der Waals surface area contributed by atoms with Crippen LogP contribution in [0.1, 0.15) is 25.3 Å². The Labute approximate surface area is 215 Å². The van der Waals surface area contributed by atoms with Gasteiger partial charge >= 0.3 is 5.97 Å². The molecular formula is C26H31ClN2O7. The van der Waals surface area contributed by atoms with Gasteiger partial charge in [-0.15, -0.1) is 0 Å². The summed E-state index contributed by atoms with van der Waals surface area (Å²) in [5.41, 5.74) is 1.39. The third-order valence-corrected chi connectivity index (χ3v) is 6.61. The molecular weight excluding hydrogens is 488 g/mol. The van der Waals surface area contributed by atoms with Gasteiger partial charge in [0.1, 0.15) is 35.6 Å². The maximum atomic E-state index is 11.6. The summed E-state index contributed by atoms with van der Waals surface area (Å²) in [5, 5.41) is 14.1. The standard InChI is InChI=1S/C26H31ClN2O7/c1-17(30)28-22-5-4-21(34-16-25(32)33-2)12-24(22)35-15-20(31)14-29-9-7-26(8-10-29)13-18-11-19(27)3-6-23(18)36-26/h3-6,11-12,20,31H,7-10,13-16H2,1-2H3,(H,28,30)/t20-/m0/s1. The number of rotatable bonds is 9. The van der Waals surface area contributed by atoms with E-state index in [1.54, 1.807) is 18.2 Å². The average Bonchev–Trinajstić information content (AvgIpc) is 3.20. The normalized spacial score (nSPS) is 17.1. The van der Waals surface area contributed by atoms with Crippen molar-refractivity contribution in [3.8, 4) is 17.2 Å². The van der Waals surface area contributed by atoms with Crippen molar-refractivity contribution in [2.75, 3.05) is 45.3 Å². The van der Waals surface area contributed by atoms with Gasteiger partial charge in [0.15, 0.2) is 6.61 Å². The smallest absolute Gasteiger partial charge is 0.343 e. The number of hydrogen-bond acceptors (Lipinski definition) is 8. The van der Waals surface area contributed by atoms with Gasteiger partial charge in [-0.05, 0) is 35.9 Å².